The van der Waals surface area contributed by atoms with E-state index in [9.17, 15) is 23.1 Å². The third kappa shape index (κ3) is 3.86. The summed E-state index contributed by atoms with van der Waals surface area (Å²) >= 11 is 0. The number of sulfonamides is 1. The van der Waals surface area contributed by atoms with Gasteiger partial charge in [-0.3, -0.25) is 4.79 Å². The molecule has 0 saturated carbocycles. The molecule has 1 saturated heterocycles. The lowest BCUT2D eigenvalue weighted by atomic mass is 10.1. The molecule has 8 heteroatoms. The zero-order valence-corrected chi connectivity index (χ0v) is 14.9. The molecule has 138 valence electrons. The van der Waals surface area contributed by atoms with Gasteiger partial charge in [-0.1, -0.05) is 30.3 Å². The van der Waals surface area contributed by atoms with Crippen LogP contribution in [0.5, 0.6) is 0 Å². The number of carbonyl (C=O) groups is 2. The molecule has 7 nitrogen and oxygen atoms in total. The van der Waals surface area contributed by atoms with Gasteiger partial charge in [0.25, 0.3) is 0 Å². The van der Waals surface area contributed by atoms with E-state index in [0.717, 1.165) is 10.8 Å². The first kappa shape index (κ1) is 18.3. The summed E-state index contributed by atoms with van der Waals surface area (Å²) in [6, 6.07) is 12.6. The third-order valence-electron chi connectivity index (χ3n) is 4.49. The minimum Gasteiger partial charge on any atom is -0.550 e. The Balaban J connectivity index is 1.69. The highest BCUT2D eigenvalue weighted by atomic mass is 32.2. The van der Waals surface area contributed by atoms with Crippen molar-refractivity contribution in [1.29, 1.82) is 0 Å². The van der Waals surface area contributed by atoms with Crippen molar-refractivity contribution in [2.45, 2.75) is 17.7 Å². The number of fused-ring (bicyclic) bond motifs is 1. The number of benzene rings is 2. The highest BCUT2D eigenvalue weighted by Gasteiger charge is 2.30. The van der Waals surface area contributed by atoms with Gasteiger partial charge < -0.3 is 14.8 Å². The highest BCUT2D eigenvalue weighted by molar-refractivity contribution is 7.89. The molecule has 0 aliphatic carbocycles. The lowest BCUT2D eigenvalue weighted by Gasteiger charge is -2.34. The lowest BCUT2D eigenvalue weighted by Crippen LogP contribution is -2.50. The molecular formula is C18H19N2O5S-. The monoisotopic (exact) mass is 375 g/mol. The second kappa shape index (κ2) is 7.43. The summed E-state index contributed by atoms with van der Waals surface area (Å²) in [5.74, 6) is -1.56. The number of nitrogens with zero attached hydrogens (tertiary/aromatic N) is 2. The Labute approximate surface area is 151 Å². The van der Waals surface area contributed by atoms with Gasteiger partial charge in [0.05, 0.1) is 4.90 Å². The molecule has 2 aromatic carbocycles. The van der Waals surface area contributed by atoms with E-state index in [4.69, 9.17) is 0 Å². The average molecular weight is 375 g/mol. The number of carboxylic acid groups (broad SMARTS) is 1. The first-order valence-corrected chi connectivity index (χ1v) is 9.78. The number of carbonyl (C=O) groups excluding carboxylic acids is 2. The minimum absolute atomic E-state index is 0.125. The van der Waals surface area contributed by atoms with Gasteiger partial charge in [-0.05, 0) is 29.3 Å². The van der Waals surface area contributed by atoms with Crippen LogP contribution in [0.1, 0.15) is 12.8 Å². The van der Waals surface area contributed by atoms with Crippen LogP contribution in [-0.4, -0.2) is 55.7 Å². The number of aliphatic carboxylic acids is 1. The summed E-state index contributed by atoms with van der Waals surface area (Å²) in [5, 5.41) is 12.3. The molecular weight excluding hydrogens is 356 g/mol. The largest absolute Gasteiger partial charge is 0.550 e. The molecule has 0 N–H and O–H groups in total. The fourth-order valence-corrected chi connectivity index (χ4v) is 4.48. The minimum atomic E-state index is -3.64. The number of amides is 1. The van der Waals surface area contributed by atoms with E-state index >= 15 is 0 Å². The van der Waals surface area contributed by atoms with Crippen LogP contribution in [0.15, 0.2) is 47.4 Å². The zero-order valence-electron chi connectivity index (χ0n) is 14.1. The summed E-state index contributed by atoms with van der Waals surface area (Å²) in [7, 11) is -3.64. The summed E-state index contributed by atoms with van der Waals surface area (Å²) in [6.07, 6.45) is -0.450. The van der Waals surface area contributed by atoms with Gasteiger partial charge in [0, 0.05) is 38.6 Å². The van der Waals surface area contributed by atoms with Crippen LogP contribution in [-0.2, 0) is 19.6 Å². The molecule has 1 heterocycles. The third-order valence-corrected chi connectivity index (χ3v) is 6.39. The Hall–Kier alpha value is -2.45. The standard InChI is InChI=1S/C18H20N2O5S/c21-17(7-8-18(22)23)19-9-11-20(12-10-19)26(24,25)16-6-5-14-3-1-2-4-15(14)13-16/h1-6,13H,7-12H2,(H,22,23)/p-1. The molecule has 1 amide bonds. The van der Waals surface area contributed by atoms with Crippen molar-refractivity contribution in [3.63, 3.8) is 0 Å². The maximum Gasteiger partial charge on any atom is 0.243 e. The maximum atomic E-state index is 12.9. The summed E-state index contributed by atoms with van der Waals surface area (Å²) in [5.41, 5.74) is 0. The number of rotatable bonds is 5. The lowest BCUT2D eigenvalue weighted by molar-refractivity contribution is -0.305. The second-order valence-corrected chi connectivity index (χ2v) is 8.10. The van der Waals surface area contributed by atoms with Crippen LogP contribution in [0.4, 0.5) is 0 Å². The van der Waals surface area contributed by atoms with Crippen molar-refractivity contribution >= 4 is 32.7 Å². The van der Waals surface area contributed by atoms with E-state index in [1.165, 1.54) is 9.21 Å². The molecule has 0 bridgehead atoms. The Bertz CT molecular complexity index is 934. The molecule has 1 aliphatic rings. The van der Waals surface area contributed by atoms with Crippen LogP contribution < -0.4 is 5.11 Å². The maximum absolute atomic E-state index is 12.9. The van der Waals surface area contributed by atoms with Gasteiger partial charge in [0.2, 0.25) is 15.9 Å². The van der Waals surface area contributed by atoms with Gasteiger partial charge in [-0.25, -0.2) is 8.42 Å². The second-order valence-electron chi connectivity index (χ2n) is 6.17. The predicted octanol–water partition coefficient (Wildman–Crippen LogP) is 0.203. The fourth-order valence-electron chi connectivity index (χ4n) is 3.02. The first-order valence-electron chi connectivity index (χ1n) is 8.34. The predicted molar refractivity (Wildman–Crippen MR) is 93.5 cm³/mol. The SMILES string of the molecule is O=C([O-])CCC(=O)N1CCN(S(=O)(=O)c2ccc3ccccc3c2)CC1. The van der Waals surface area contributed by atoms with Gasteiger partial charge >= 0.3 is 0 Å². The van der Waals surface area contributed by atoms with E-state index in [1.807, 2.05) is 24.3 Å². The van der Waals surface area contributed by atoms with E-state index in [2.05, 4.69) is 0 Å². The van der Waals surface area contributed by atoms with Crippen LogP contribution in [0.25, 0.3) is 10.8 Å². The Morgan fingerprint density at radius 2 is 1.58 bits per heavy atom. The molecule has 0 unspecified atom stereocenters. The molecule has 0 atom stereocenters. The van der Waals surface area contributed by atoms with E-state index < -0.39 is 16.0 Å². The molecule has 2 aromatic rings. The molecule has 3 rings (SSSR count). The van der Waals surface area contributed by atoms with E-state index in [1.54, 1.807) is 18.2 Å². The van der Waals surface area contributed by atoms with E-state index in [0.29, 0.717) is 0 Å². The van der Waals surface area contributed by atoms with Crippen molar-refractivity contribution < 1.29 is 23.1 Å². The molecule has 26 heavy (non-hydrogen) atoms. The van der Waals surface area contributed by atoms with Crippen LogP contribution in [0.3, 0.4) is 0 Å². The van der Waals surface area contributed by atoms with Crippen molar-refractivity contribution in [2.75, 3.05) is 26.2 Å². The summed E-state index contributed by atoms with van der Waals surface area (Å²) in [6.45, 7) is 0.871. The summed E-state index contributed by atoms with van der Waals surface area (Å²) in [4.78, 5) is 24.1. The topological polar surface area (TPSA) is 97.8 Å². The van der Waals surface area contributed by atoms with Crippen LogP contribution in [0.2, 0.25) is 0 Å². The molecule has 0 radical (unpaired) electrons. The molecule has 0 aromatic heterocycles. The normalized spacial score (nSPS) is 15.9. The van der Waals surface area contributed by atoms with E-state index in [-0.39, 0.29) is 49.8 Å². The van der Waals surface area contributed by atoms with Crippen LogP contribution >= 0.6 is 0 Å². The fraction of sp³-hybridized carbons (Fsp3) is 0.333. The van der Waals surface area contributed by atoms with Crippen LogP contribution in [0, 0.1) is 0 Å². The number of piperazine rings is 1. The van der Waals surface area contributed by atoms with Gasteiger partial charge in [-0.2, -0.15) is 4.31 Å². The quantitative estimate of drug-likeness (QED) is 0.744. The number of hydrogen-bond donors (Lipinski definition) is 0. The summed E-state index contributed by atoms with van der Waals surface area (Å²) < 4.78 is 27.1. The molecule has 1 aliphatic heterocycles. The average Bonchev–Trinajstić information content (AvgIpc) is 2.65. The number of hydrogen-bond acceptors (Lipinski definition) is 5. The van der Waals surface area contributed by atoms with Crippen molar-refractivity contribution in [3.8, 4) is 0 Å². The van der Waals surface area contributed by atoms with Crippen molar-refractivity contribution in [2.24, 2.45) is 0 Å². The smallest absolute Gasteiger partial charge is 0.243 e. The zero-order chi connectivity index (χ0) is 18.7. The highest BCUT2D eigenvalue weighted by Crippen LogP contribution is 2.23. The Morgan fingerprint density at radius 3 is 2.23 bits per heavy atom. The van der Waals surface area contributed by atoms with Crippen molar-refractivity contribution in [3.05, 3.63) is 42.5 Å². The van der Waals surface area contributed by atoms with Gasteiger partial charge in [0.1, 0.15) is 0 Å². The Kier molecular flexibility index (Phi) is 5.24. The molecule has 0 spiro atoms. The first-order chi connectivity index (χ1) is 12.4. The Morgan fingerprint density at radius 1 is 0.923 bits per heavy atom. The van der Waals surface area contributed by atoms with Gasteiger partial charge in [0.15, 0.2) is 0 Å². The van der Waals surface area contributed by atoms with Crippen molar-refractivity contribution in [1.82, 2.24) is 9.21 Å². The molecule has 1 fully saturated rings. The number of carboxylic acids is 1. The van der Waals surface area contributed by atoms with Gasteiger partial charge in [-0.15, -0.1) is 0 Å².